The minimum atomic E-state index is -0.433. The zero-order valence-corrected chi connectivity index (χ0v) is 8.79. The standard InChI is InChI=1S/C10H16N4O/c1-10(4-2-3-8(10)11)9(15)14-7-5-12-13-6-7/h5-6,8H,2-4,11H2,1H3,(H,12,13)(H,14,15). The Hall–Kier alpha value is -1.36. The molecule has 1 aromatic rings. The highest BCUT2D eigenvalue weighted by molar-refractivity contribution is 5.95. The summed E-state index contributed by atoms with van der Waals surface area (Å²) in [5.74, 6) is -0.00565. The molecule has 1 aromatic heterocycles. The van der Waals surface area contributed by atoms with Gasteiger partial charge in [0.1, 0.15) is 0 Å². The molecule has 2 unspecified atom stereocenters. The monoisotopic (exact) mass is 208 g/mol. The molecular weight excluding hydrogens is 192 g/mol. The Bertz CT molecular complexity index is 348. The number of hydrogen-bond donors (Lipinski definition) is 3. The van der Waals surface area contributed by atoms with Crippen LogP contribution >= 0.6 is 0 Å². The lowest BCUT2D eigenvalue weighted by Gasteiger charge is -2.27. The van der Waals surface area contributed by atoms with E-state index in [-0.39, 0.29) is 11.9 Å². The van der Waals surface area contributed by atoms with Crippen molar-refractivity contribution in [1.29, 1.82) is 0 Å². The first-order valence-corrected chi connectivity index (χ1v) is 5.19. The molecule has 5 heteroatoms. The third-order valence-corrected chi connectivity index (χ3v) is 3.30. The predicted octanol–water partition coefficient (Wildman–Crippen LogP) is 0.866. The van der Waals surface area contributed by atoms with Gasteiger partial charge in [0.2, 0.25) is 5.91 Å². The molecule has 5 nitrogen and oxygen atoms in total. The molecule has 1 heterocycles. The molecule has 15 heavy (non-hydrogen) atoms. The van der Waals surface area contributed by atoms with Gasteiger partial charge in [-0.2, -0.15) is 5.10 Å². The maximum Gasteiger partial charge on any atom is 0.231 e. The summed E-state index contributed by atoms with van der Waals surface area (Å²) in [4.78, 5) is 12.0. The van der Waals surface area contributed by atoms with Crippen molar-refractivity contribution in [2.75, 3.05) is 5.32 Å². The van der Waals surface area contributed by atoms with Crippen LogP contribution in [0.3, 0.4) is 0 Å². The normalized spacial score (nSPS) is 30.4. The van der Waals surface area contributed by atoms with E-state index >= 15 is 0 Å². The van der Waals surface area contributed by atoms with Gasteiger partial charge in [-0.3, -0.25) is 9.89 Å². The fourth-order valence-corrected chi connectivity index (χ4v) is 2.07. The van der Waals surface area contributed by atoms with Crippen LogP contribution in [0, 0.1) is 5.41 Å². The van der Waals surface area contributed by atoms with Gasteiger partial charge in [0, 0.05) is 12.2 Å². The van der Waals surface area contributed by atoms with E-state index < -0.39 is 5.41 Å². The molecule has 2 rings (SSSR count). The van der Waals surface area contributed by atoms with Crippen LogP contribution in [-0.2, 0) is 4.79 Å². The average Bonchev–Trinajstić information content (AvgIpc) is 2.79. The number of aromatic nitrogens is 2. The first-order valence-electron chi connectivity index (χ1n) is 5.19. The smallest absolute Gasteiger partial charge is 0.231 e. The van der Waals surface area contributed by atoms with Crippen LogP contribution in [0.4, 0.5) is 5.69 Å². The van der Waals surface area contributed by atoms with Crippen molar-refractivity contribution in [3.8, 4) is 0 Å². The van der Waals surface area contributed by atoms with E-state index in [1.54, 1.807) is 12.4 Å². The molecular formula is C10H16N4O. The minimum absolute atomic E-state index is 0.00565. The van der Waals surface area contributed by atoms with Crippen LogP contribution in [0.2, 0.25) is 0 Å². The number of hydrogen-bond acceptors (Lipinski definition) is 3. The number of nitrogens with zero attached hydrogens (tertiary/aromatic N) is 1. The van der Waals surface area contributed by atoms with Crippen molar-refractivity contribution in [3.05, 3.63) is 12.4 Å². The summed E-state index contributed by atoms with van der Waals surface area (Å²) in [6.07, 6.45) is 6.05. The zero-order valence-electron chi connectivity index (χ0n) is 8.79. The lowest BCUT2D eigenvalue weighted by atomic mass is 9.84. The van der Waals surface area contributed by atoms with Gasteiger partial charge < -0.3 is 11.1 Å². The number of carbonyl (C=O) groups excluding carboxylic acids is 1. The summed E-state index contributed by atoms with van der Waals surface area (Å²) >= 11 is 0. The largest absolute Gasteiger partial charge is 0.327 e. The number of amides is 1. The van der Waals surface area contributed by atoms with E-state index in [1.165, 1.54) is 0 Å². The van der Waals surface area contributed by atoms with E-state index in [4.69, 9.17) is 5.73 Å². The number of nitrogens with two attached hydrogens (primary N) is 1. The van der Waals surface area contributed by atoms with Crippen LogP contribution in [0.5, 0.6) is 0 Å². The predicted molar refractivity (Wildman–Crippen MR) is 57.2 cm³/mol. The number of rotatable bonds is 2. The van der Waals surface area contributed by atoms with Crippen molar-refractivity contribution in [3.63, 3.8) is 0 Å². The SMILES string of the molecule is CC1(C(=O)Nc2cn[nH]c2)CCCC1N. The molecule has 1 aliphatic rings. The van der Waals surface area contributed by atoms with Gasteiger partial charge in [-0.05, 0) is 19.8 Å². The molecule has 1 fully saturated rings. The van der Waals surface area contributed by atoms with Crippen LogP contribution in [-0.4, -0.2) is 22.1 Å². The molecule has 0 saturated heterocycles. The van der Waals surface area contributed by atoms with Gasteiger partial charge in [-0.15, -0.1) is 0 Å². The first kappa shape index (κ1) is 10.2. The fraction of sp³-hybridized carbons (Fsp3) is 0.600. The van der Waals surface area contributed by atoms with Gasteiger partial charge >= 0.3 is 0 Å². The van der Waals surface area contributed by atoms with Gasteiger partial charge in [0.05, 0.1) is 17.3 Å². The van der Waals surface area contributed by atoms with Crippen LogP contribution in [0.15, 0.2) is 12.4 Å². The summed E-state index contributed by atoms with van der Waals surface area (Å²) in [5, 5.41) is 9.25. The Labute approximate surface area is 88.4 Å². The highest BCUT2D eigenvalue weighted by Gasteiger charge is 2.42. The topological polar surface area (TPSA) is 83.8 Å². The maximum atomic E-state index is 12.0. The van der Waals surface area contributed by atoms with E-state index in [9.17, 15) is 4.79 Å². The van der Waals surface area contributed by atoms with Gasteiger partial charge in [0.15, 0.2) is 0 Å². The summed E-state index contributed by atoms with van der Waals surface area (Å²) in [7, 11) is 0. The van der Waals surface area contributed by atoms with Crippen LogP contribution in [0.1, 0.15) is 26.2 Å². The van der Waals surface area contributed by atoms with Crippen molar-refractivity contribution in [2.24, 2.45) is 11.1 Å². The second-order valence-electron chi connectivity index (χ2n) is 4.36. The van der Waals surface area contributed by atoms with E-state index in [2.05, 4.69) is 15.5 Å². The quantitative estimate of drug-likeness (QED) is 0.674. The fourth-order valence-electron chi connectivity index (χ4n) is 2.07. The Balaban J connectivity index is 2.07. The molecule has 2 atom stereocenters. The van der Waals surface area contributed by atoms with Crippen LogP contribution < -0.4 is 11.1 Å². The highest BCUT2D eigenvalue weighted by Crippen LogP contribution is 2.37. The Morgan fingerprint density at radius 3 is 3.13 bits per heavy atom. The first-order chi connectivity index (χ1) is 7.13. The number of carbonyl (C=O) groups is 1. The van der Waals surface area contributed by atoms with E-state index in [1.807, 2.05) is 6.92 Å². The van der Waals surface area contributed by atoms with E-state index in [0.29, 0.717) is 5.69 Å². The summed E-state index contributed by atoms with van der Waals surface area (Å²) in [6.45, 7) is 1.93. The second-order valence-corrected chi connectivity index (χ2v) is 4.36. The third kappa shape index (κ3) is 1.74. The molecule has 0 aromatic carbocycles. The molecule has 0 spiro atoms. The van der Waals surface area contributed by atoms with E-state index in [0.717, 1.165) is 19.3 Å². The Morgan fingerprint density at radius 1 is 1.80 bits per heavy atom. The second kappa shape index (κ2) is 3.66. The average molecular weight is 208 g/mol. The number of H-pyrrole nitrogens is 1. The summed E-state index contributed by atoms with van der Waals surface area (Å²) < 4.78 is 0. The maximum absolute atomic E-state index is 12.0. The molecule has 1 amide bonds. The number of aromatic amines is 1. The van der Waals surface area contributed by atoms with Crippen molar-refractivity contribution < 1.29 is 4.79 Å². The molecule has 4 N–H and O–H groups in total. The molecule has 0 bridgehead atoms. The molecule has 82 valence electrons. The highest BCUT2D eigenvalue weighted by atomic mass is 16.2. The Morgan fingerprint density at radius 2 is 2.60 bits per heavy atom. The van der Waals surface area contributed by atoms with Crippen LogP contribution in [0.25, 0.3) is 0 Å². The molecule has 0 aliphatic heterocycles. The third-order valence-electron chi connectivity index (χ3n) is 3.30. The van der Waals surface area contributed by atoms with Crippen molar-refractivity contribution in [1.82, 2.24) is 10.2 Å². The number of nitrogens with one attached hydrogen (secondary N) is 2. The molecule has 0 radical (unpaired) electrons. The lowest BCUT2D eigenvalue weighted by molar-refractivity contribution is -0.125. The summed E-state index contributed by atoms with van der Waals surface area (Å²) in [5.41, 5.74) is 6.22. The summed E-state index contributed by atoms with van der Waals surface area (Å²) in [6, 6.07) is -0.0376. The Kier molecular flexibility index (Phi) is 2.48. The minimum Gasteiger partial charge on any atom is -0.327 e. The van der Waals surface area contributed by atoms with Crippen molar-refractivity contribution in [2.45, 2.75) is 32.2 Å². The van der Waals surface area contributed by atoms with Gasteiger partial charge in [-0.25, -0.2) is 0 Å². The molecule has 1 aliphatic carbocycles. The van der Waals surface area contributed by atoms with Gasteiger partial charge in [-0.1, -0.05) is 6.42 Å². The van der Waals surface area contributed by atoms with Crippen molar-refractivity contribution >= 4 is 11.6 Å². The number of anilines is 1. The molecule has 1 saturated carbocycles. The lowest BCUT2D eigenvalue weighted by Crippen LogP contribution is -2.44. The zero-order chi connectivity index (χ0) is 10.9. The van der Waals surface area contributed by atoms with Gasteiger partial charge in [0.25, 0.3) is 0 Å².